The lowest BCUT2D eigenvalue weighted by Crippen LogP contribution is -2.45. The topological polar surface area (TPSA) is 58.4 Å². The van der Waals surface area contributed by atoms with Crippen LogP contribution in [0.1, 0.15) is 44.2 Å². The molecule has 0 aliphatic heterocycles. The quantitative estimate of drug-likeness (QED) is 0.843. The maximum Gasteiger partial charge on any atom is 0.225 e. The molecule has 0 spiro atoms. The number of nitrogens with one attached hydrogen (secondary N) is 1. The van der Waals surface area contributed by atoms with Crippen molar-refractivity contribution in [2.75, 3.05) is 7.05 Å². The number of carbonyl (C=O) groups excluding carboxylic acids is 1. The summed E-state index contributed by atoms with van der Waals surface area (Å²) in [6.45, 7) is 5.89. The van der Waals surface area contributed by atoms with Crippen LogP contribution in [0.25, 0.3) is 0 Å². The molecular formula is C20H31N3O. The van der Waals surface area contributed by atoms with Crippen molar-refractivity contribution in [3.63, 3.8) is 0 Å². The Morgan fingerprint density at radius 2 is 1.92 bits per heavy atom. The molecule has 1 amide bonds. The summed E-state index contributed by atoms with van der Waals surface area (Å²) in [4.78, 5) is 15.0. The molecule has 2 aliphatic carbocycles. The minimum Gasteiger partial charge on any atom is -0.352 e. The number of fused-ring (bicyclic) bond motifs is 2. The molecule has 132 valence electrons. The van der Waals surface area contributed by atoms with Crippen LogP contribution in [0.3, 0.4) is 0 Å². The van der Waals surface area contributed by atoms with E-state index in [1.807, 2.05) is 6.07 Å². The first kappa shape index (κ1) is 17.4. The summed E-state index contributed by atoms with van der Waals surface area (Å²) in [5, 5.41) is 3.16. The fourth-order valence-corrected chi connectivity index (χ4v) is 4.36. The highest BCUT2D eigenvalue weighted by Gasteiger charge is 2.48. The Labute approximate surface area is 145 Å². The molecule has 0 aromatic heterocycles. The normalized spacial score (nSPS) is 28.8. The number of hydrogen-bond donors (Lipinski definition) is 2. The second kappa shape index (κ2) is 7.24. The van der Waals surface area contributed by atoms with E-state index >= 15 is 0 Å². The Kier molecular flexibility index (Phi) is 5.26. The molecule has 3 N–H and O–H groups in total. The summed E-state index contributed by atoms with van der Waals surface area (Å²) in [6, 6.07) is 8.95. The molecule has 2 aliphatic rings. The molecule has 2 fully saturated rings. The zero-order chi connectivity index (χ0) is 17.3. The zero-order valence-corrected chi connectivity index (χ0v) is 15.2. The summed E-state index contributed by atoms with van der Waals surface area (Å²) >= 11 is 0. The highest BCUT2D eigenvalue weighted by atomic mass is 16.1. The summed E-state index contributed by atoms with van der Waals surface area (Å²) < 4.78 is 0. The van der Waals surface area contributed by atoms with Gasteiger partial charge in [-0.05, 0) is 63.1 Å². The second-order valence-corrected chi connectivity index (χ2v) is 7.93. The molecule has 2 bridgehead atoms. The monoisotopic (exact) mass is 329 g/mol. The lowest BCUT2D eigenvalue weighted by molar-refractivity contribution is -0.127. The Bertz CT molecular complexity index is 584. The average molecular weight is 329 g/mol. The molecule has 2 saturated carbocycles. The molecule has 0 saturated heterocycles. The van der Waals surface area contributed by atoms with Gasteiger partial charge < -0.3 is 11.1 Å². The predicted octanol–water partition coefficient (Wildman–Crippen LogP) is 2.52. The van der Waals surface area contributed by atoms with E-state index in [1.165, 1.54) is 24.0 Å². The minimum absolute atomic E-state index is 0.0225. The molecule has 1 aromatic carbocycles. The molecular weight excluding hydrogens is 298 g/mol. The van der Waals surface area contributed by atoms with Crippen molar-refractivity contribution in [2.24, 2.45) is 23.5 Å². The first-order valence-electron chi connectivity index (χ1n) is 9.27. The SMILES string of the molecule is CC(C)N(C)Cc1ccccc1CNC(=O)C1C2CCC(C2)C1N. The summed E-state index contributed by atoms with van der Waals surface area (Å²) in [5.41, 5.74) is 8.78. The zero-order valence-electron chi connectivity index (χ0n) is 15.2. The molecule has 4 atom stereocenters. The second-order valence-electron chi connectivity index (χ2n) is 7.93. The van der Waals surface area contributed by atoms with Gasteiger partial charge in [-0.1, -0.05) is 24.3 Å². The van der Waals surface area contributed by atoms with Crippen LogP contribution in [0.15, 0.2) is 24.3 Å². The maximum absolute atomic E-state index is 12.7. The largest absolute Gasteiger partial charge is 0.352 e. The van der Waals surface area contributed by atoms with E-state index < -0.39 is 0 Å². The molecule has 24 heavy (non-hydrogen) atoms. The maximum atomic E-state index is 12.7. The summed E-state index contributed by atoms with van der Waals surface area (Å²) in [7, 11) is 2.13. The Morgan fingerprint density at radius 3 is 2.54 bits per heavy atom. The van der Waals surface area contributed by atoms with Gasteiger partial charge in [0.05, 0.1) is 5.92 Å². The number of nitrogens with two attached hydrogens (primary N) is 1. The number of hydrogen-bond acceptors (Lipinski definition) is 3. The van der Waals surface area contributed by atoms with Crippen molar-refractivity contribution < 1.29 is 4.79 Å². The average Bonchev–Trinajstić information content (AvgIpc) is 3.14. The minimum atomic E-state index is 0.0225. The molecule has 4 heteroatoms. The lowest BCUT2D eigenvalue weighted by atomic mass is 9.84. The van der Waals surface area contributed by atoms with E-state index in [0.29, 0.717) is 24.4 Å². The van der Waals surface area contributed by atoms with Gasteiger partial charge in [0.1, 0.15) is 0 Å². The van der Waals surface area contributed by atoms with Crippen molar-refractivity contribution in [1.82, 2.24) is 10.2 Å². The van der Waals surface area contributed by atoms with Crippen molar-refractivity contribution in [3.05, 3.63) is 35.4 Å². The number of amides is 1. The molecule has 3 rings (SSSR count). The highest BCUT2D eigenvalue weighted by molar-refractivity contribution is 5.80. The first-order chi connectivity index (χ1) is 11.5. The van der Waals surface area contributed by atoms with Gasteiger partial charge in [0.25, 0.3) is 0 Å². The van der Waals surface area contributed by atoms with E-state index in [2.05, 4.69) is 49.3 Å². The fourth-order valence-electron chi connectivity index (χ4n) is 4.36. The van der Waals surface area contributed by atoms with E-state index in [0.717, 1.165) is 13.0 Å². The fraction of sp³-hybridized carbons (Fsp3) is 0.650. The number of carbonyl (C=O) groups is 1. The van der Waals surface area contributed by atoms with Crippen LogP contribution in [0, 0.1) is 17.8 Å². The number of benzene rings is 1. The van der Waals surface area contributed by atoms with Gasteiger partial charge in [0, 0.05) is 25.2 Å². The van der Waals surface area contributed by atoms with E-state index in [-0.39, 0.29) is 17.9 Å². The molecule has 1 aromatic rings. The highest BCUT2D eigenvalue weighted by Crippen LogP contribution is 2.47. The van der Waals surface area contributed by atoms with Gasteiger partial charge in [-0.15, -0.1) is 0 Å². The van der Waals surface area contributed by atoms with Crippen LogP contribution in [-0.4, -0.2) is 29.9 Å². The van der Waals surface area contributed by atoms with Crippen LogP contribution in [0.4, 0.5) is 0 Å². The standard InChI is InChI=1S/C20H31N3O/c1-13(2)23(3)12-17-7-5-4-6-16(17)11-22-20(24)18-14-8-9-15(10-14)19(18)21/h4-7,13-15,18-19H,8-12,21H2,1-3H3,(H,22,24). The van der Waals surface area contributed by atoms with Gasteiger partial charge in [-0.2, -0.15) is 0 Å². The molecule has 0 radical (unpaired) electrons. The van der Waals surface area contributed by atoms with Crippen molar-refractivity contribution in [1.29, 1.82) is 0 Å². The van der Waals surface area contributed by atoms with Gasteiger partial charge in [-0.25, -0.2) is 0 Å². The smallest absolute Gasteiger partial charge is 0.225 e. The third-order valence-corrected chi connectivity index (χ3v) is 6.16. The third kappa shape index (κ3) is 3.50. The van der Waals surface area contributed by atoms with E-state index in [4.69, 9.17) is 5.73 Å². The third-order valence-electron chi connectivity index (χ3n) is 6.16. The van der Waals surface area contributed by atoms with Crippen LogP contribution >= 0.6 is 0 Å². The van der Waals surface area contributed by atoms with Gasteiger partial charge in [0.15, 0.2) is 0 Å². The number of rotatable bonds is 6. The van der Waals surface area contributed by atoms with Crippen LogP contribution in [0.5, 0.6) is 0 Å². The summed E-state index contributed by atoms with van der Waals surface area (Å²) in [6.07, 6.45) is 3.53. The Balaban J connectivity index is 1.61. The van der Waals surface area contributed by atoms with Crippen molar-refractivity contribution >= 4 is 5.91 Å². The predicted molar refractivity (Wildman–Crippen MR) is 97.2 cm³/mol. The summed E-state index contributed by atoms with van der Waals surface area (Å²) in [5.74, 6) is 1.25. The van der Waals surface area contributed by atoms with Crippen molar-refractivity contribution in [3.8, 4) is 0 Å². The number of nitrogens with zero attached hydrogens (tertiary/aromatic N) is 1. The van der Waals surface area contributed by atoms with Gasteiger partial charge in [0.2, 0.25) is 5.91 Å². The van der Waals surface area contributed by atoms with Gasteiger partial charge in [-0.3, -0.25) is 9.69 Å². The molecule has 4 nitrogen and oxygen atoms in total. The van der Waals surface area contributed by atoms with E-state index in [1.54, 1.807) is 0 Å². The van der Waals surface area contributed by atoms with Crippen molar-refractivity contribution in [2.45, 2.75) is 58.3 Å². The van der Waals surface area contributed by atoms with E-state index in [9.17, 15) is 4.79 Å². The molecule has 0 heterocycles. The van der Waals surface area contributed by atoms with Gasteiger partial charge >= 0.3 is 0 Å². The first-order valence-corrected chi connectivity index (χ1v) is 9.27. The van der Waals surface area contributed by atoms with Crippen LogP contribution in [0.2, 0.25) is 0 Å². The molecule has 4 unspecified atom stereocenters. The van der Waals surface area contributed by atoms with Crippen LogP contribution < -0.4 is 11.1 Å². The Hall–Kier alpha value is -1.39. The Morgan fingerprint density at radius 1 is 1.25 bits per heavy atom. The van der Waals surface area contributed by atoms with Crippen LogP contribution in [-0.2, 0) is 17.9 Å². The lowest BCUT2D eigenvalue weighted by Gasteiger charge is -2.27.